The van der Waals surface area contributed by atoms with Crippen molar-refractivity contribution in [2.24, 2.45) is 5.92 Å². The first-order chi connectivity index (χ1) is 14.1. The predicted octanol–water partition coefficient (Wildman–Crippen LogP) is 3.00. The second-order valence-corrected chi connectivity index (χ2v) is 7.52. The van der Waals surface area contributed by atoms with Crippen molar-refractivity contribution in [1.29, 1.82) is 0 Å². The van der Waals surface area contributed by atoms with Crippen LogP contribution in [-0.2, 0) is 11.2 Å². The smallest absolute Gasteiger partial charge is 0.225 e. The molecule has 1 fully saturated rings. The molecule has 6 heteroatoms. The summed E-state index contributed by atoms with van der Waals surface area (Å²) in [4.78, 5) is 17.5. The Hall–Kier alpha value is -3.02. The summed E-state index contributed by atoms with van der Waals surface area (Å²) in [6.45, 7) is 6.45. The third-order valence-electron chi connectivity index (χ3n) is 5.87. The molecule has 1 amide bonds. The third kappa shape index (κ3) is 3.79. The van der Waals surface area contributed by atoms with Crippen LogP contribution < -0.4 is 19.9 Å². The SMILES string of the molecule is C=CCNC(=O)[C@H]1Cc2ccc(OC)cc2N2CCN(c3ccc(F)cc3)C[C@@H]12. The lowest BCUT2D eigenvalue weighted by Crippen LogP contribution is -2.61. The highest BCUT2D eigenvalue weighted by Gasteiger charge is 2.41. The van der Waals surface area contributed by atoms with Gasteiger partial charge in [0.25, 0.3) is 0 Å². The van der Waals surface area contributed by atoms with E-state index in [4.69, 9.17) is 4.74 Å². The lowest BCUT2D eigenvalue weighted by Gasteiger charge is -2.49. The van der Waals surface area contributed by atoms with Crippen molar-refractivity contribution in [3.05, 3.63) is 66.5 Å². The van der Waals surface area contributed by atoms with Crippen LogP contribution in [0, 0.1) is 11.7 Å². The number of carbonyl (C=O) groups is 1. The summed E-state index contributed by atoms with van der Waals surface area (Å²) in [6, 6.07) is 12.7. The Kier molecular flexibility index (Phi) is 5.43. The minimum atomic E-state index is -0.243. The van der Waals surface area contributed by atoms with E-state index in [2.05, 4.69) is 33.8 Å². The number of methoxy groups -OCH3 is 1. The van der Waals surface area contributed by atoms with E-state index in [-0.39, 0.29) is 23.7 Å². The highest BCUT2D eigenvalue weighted by molar-refractivity contribution is 5.82. The van der Waals surface area contributed by atoms with Crippen molar-refractivity contribution in [3.8, 4) is 5.75 Å². The van der Waals surface area contributed by atoms with Crippen molar-refractivity contribution < 1.29 is 13.9 Å². The van der Waals surface area contributed by atoms with E-state index in [0.717, 1.165) is 35.8 Å². The van der Waals surface area contributed by atoms with Gasteiger partial charge in [-0.15, -0.1) is 6.58 Å². The van der Waals surface area contributed by atoms with Gasteiger partial charge in [-0.05, 0) is 42.3 Å². The third-order valence-corrected chi connectivity index (χ3v) is 5.87. The van der Waals surface area contributed by atoms with E-state index < -0.39 is 0 Å². The van der Waals surface area contributed by atoms with Gasteiger partial charge in [-0.25, -0.2) is 4.39 Å². The predicted molar refractivity (Wildman–Crippen MR) is 113 cm³/mol. The molecule has 2 aliphatic heterocycles. The van der Waals surface area contributed by atoms with E-state index in [1.165, 1.54) is 12.1 Å². The van der Waals surface area contributed by atoms with Crippen molar-refractivity contribution >= 4 is 17.3 Å². The van der Waals surface area contributed by atoms with Crippen molar-refractivity contribution in [2.45, 2.75) is 12.5 Å². The van der Waals surface area contributed by atoms with Gasteiger partial charge in [0.2, 0.25) is 5.91 Å². The number of nitrogens with zero attached hydrogens (tertiary/aromatic N) is 2. The Labute approximate surface area is 170 Å². The summed E-state index contributed by atoms with van der Waals surface area (Å²) in [5, 5.41) is 2.97. The molecule has 2 aliphatic rings. The molecule has 5 nitrogen and oxygen atoms in total. The summed E-state index contributed by atoms with van der Waals surface area (Å²) in [7, 11) is 1.67. The number of hydrogen-bond acceptors (Lipinski definition) is 4. The molecule has 2 atom stereocenters. The van der Waals surface area contributed by atoms with Crippen molar-refractivity contribution in [2.75, 3.05) is 43.1 Å². The Morgan fingerprint density at radius 3 is 2.79 bits per heavy atom. The number of piperazine rings is 1. The lowest BCUT2D eigenvalue weighted by atomic mass is 9.83. The van der Waals surface area contributed by atoms with Gasteiger partial charge >= 0.3 is 0 Å². The average Bonchev–Trinajstić information content (AvgIpc) is 2.76. The van der Waals surface area contributed by atoms with Gasteiger partial charge in [0.05, 0.1) is 19.1 Å². The Morgan fingerprint density at radius 2 is 2.07 bits per heavy atom. The molecule has 0 radical (unpaired) electrons. The quantitative estimate of drug-likeness (QED) is 0.791. The lowest BCUT2D eigenvalue weighted by molar-refractivity contribution is -0.125. The van der Waals surface area contributed by atoms with Crippen molar-refractivity contribution in [3.63, 3.8) is 0 Å². The molecule has 1 saturated heterocycles. The normalized spacial score (nSPS) is 20.5. The molecule has 1 N–H and O–H groups in total. The summed E-state index contributed by atoms with van der Waals surface area (Å²) < 4.78 is 18.8. The largest absolute Gasteiger partial charge is 0.497 e. The fraction of sp³-hybridized carbons (Fsp3) is 0.348. The van der Waals surface area contributed by atoms with E-state index in [1.807, 2.05) is 6.07 Å². The number of benzene rings is 2. The molecular weight excluding hydrogens is 369 g/mol. The fourth-order valence-electron chi connectivity index (χ4n) is 4.39. The Morgan fingerprint density at radius 1 is 1.28 bits per heavy atom. The molecule has 0 bridgehead atoms. The molecule has 2 aromatic rings. The van der Waals surface area contributed by atoms with Crippen LogP contribution in [0.5, 0.6) is 5.75 Å². The molecule has 0 unspecified atom stereocenters. The molecule has 0 aromatic heterocycles. The van der Waals surface area contributed by atoms with Crippen molar-refractivity contribution in [1.82, 2.24) is 5.32 Å². The minimum Gasteiger partial charge on any atom is -0.497 e. The number of halogens is 1. The fourth-order valence-corrected chi connectivity index (χ4v) is 4.39. The zero-order valence-corrected chi connectivity index (χ0v) is 16.6. The number of nitrogens with one attached hydrogen (secondary N) is 1. The molecule has 0 saturated carbocycles. The summed E-state index contributed by atoms with van der Waals surface area (Å²) in [5.74, 6) is 0.451. The van der Waals surface area contributed by atoms with Gasteiger partial charge in [0, 0.05) is 43.6 Å². The number of fused-ring (bicyclic) bond motifs is 3. The van der Waals surface area contributed by atoms with E-state index >= 15 is 0 Å². The Bertz CT molecular complexity index is 899. The van der Waals surface area contributed by atoms with Gasteiger partial charge < -0.3 is 19.9 Å². The molecule has 29 heavy (non-hydrogen) atoms. The molecule has 0 spiro atoms. The maximum atomic E-state index is 13.3. The highest BCUT2D eigenvalue weighted by Crippen LogP contribution is 2.38. The first-order valence-corrected chi connectivity index (χ1v) is 9.93. The molecule has 4 rings (SSSR count). The summed E-state index contributed by atoms with van der Waals surface area (Å²) >= 11 is 0. The monoisotopic (exact) mass is 395 g/mol. The van der Waals surface area contributed by atoms with Crippen LogP contribution in [0.1, 0.15) is 5.56 Å². The van der Waals surface area contributed by atoms with Crippen LogP contribution >= 0.6 is 0 Å². The topological polar surface area (TPSA) is 44.8 Å². The van der Waals surface area contributed by atoms with E-state index in [1.54, 1.807) is 25.3 Å². The average molecular weight is 395 g/mol. The molecule has 2 aromatic carbocycles. The van der Waals surface area contributed by atoms with Crippen LogP contribution in [0.4, 0.5) is 15.8 Å². The molecule has 152 valence electrons. The second-order valence-electron chi connectivity index (χ2n) is 7.52. The number of hydrogen-bond donors (Lipinski definition) is 1. The number of rotatable bonds is 5. The zero-order valence-electron chi connectivity index (χ0n) is 16.6. The van der Waals surface area contributed by atoms with Gasteiger partial charge in [-0.2, -0.15) is 0 Å². The second kappa shape index (κ2) is 8.15. The first kappa shape index (κ1) is 19.3. The van der Waals surface area contributed by atoms with Crippen LogP contribution in [0.15, 0.2) is 55.1 Å². The van der Waals surface area contributed by atoms with Crippen LogP contribution in [-0.4, -0.2) is 45.2 Å². The maximum Gasteiger partial charge on any atom is 0.225 e. The van der Waals surface area contributed by atoms with E-state index in [0.29, 0.717) is 19.5 Å². The molecule has 0 aliphatic carbocycles. The van der Waals surface area contributed by atoms with Gasteiger partial charge in [0.1, 0.15) is 11.6 Å². The first-order valence-electron chi connectivity index (χ1n) is 9.93. The summed E-state index contributed by atoms with van der Waals surface area (Å²) in [6.07, 6.45) is 2.38. The standard InChI is InChI=1S/C23H26FN3O2/c1-3-10-25-23(28)20-13-16-4-9-19(29-2)14-21(16)27-12-11-26(15-22(20)27)18-7-5-17(24)6-8-18/h3-9,14,20,22H,1,10-13,15H2,2H3,(H,25,28)/t20-,22-/m0/s1. The number of anilines is 2. The Balaban J connectivity index is 1.65. The number of amides is 1. The van der Waals surface area contributed by atoms with Crippen LogP contribution in [0.2, 0.25) is 0 Å². The van der Waals surface area contributed by atoms with Crippen LogP contribution in [0.3, 0.4) is 0 Å². The van der Waals surface area contributed by atoms with Gasteiger partial charge in [0.15, 0.2) is 0 Å². The highest BCUT2D eigenvalue weighted by atomic mass is 19.1. The minimum absolute atomic E-state index is 0.0261. The number of ether oxygens (including phenoxy) is 1. The van der Waals surface area contributed by atoms with Gasteiger partial charge in [-0.3, -0.25) is 4.79 Å². The molecular formula is C23H26FN3O2. The van der Waals surface area contributed by atoms with E-state index in [9.17, 15) is 9.18 Å². The zero-order chi connectivity index (χ0) is 20.4. The van der Waals surface area contributed by atoms with Gasteiger partial charge in [-0.1, -0.05) is 12.1 Å². The number of carbonyl (C=O) groups excluding carboxylic acids is 1. The summed E-state index contributed by atoms with van der Waals surface area (Å²) in [5.41, 5.74) is 3.28. The molecule has 2 heterocycles. The van der Waals surface area contributed by atoms with Crippen LogP contribution in [0.25, 0.3) is 0 Å². The maximum absolute atomic E-state index is 13.3.